The van der Waals surface area contributed by atoms with Gasteiger partial charge in [0.1, 0.15) is 12.4 Å². The van der Waals surface area contributed by atoms with E-state index < -0.39 is 0 Å². The third-order valence-electron chi connectivity index (χ3n) is 3.21. The first kappa shape index (κ1) is 12.0. The number of hydrogen-bond acceptors (Lipinski definition) is 4. The van der Waals surface area contributed by atoms with Crippen LogP contribution < -0.4 is 0 Å². The van der Waals surface area contributed by atoms with Crippen molar-refractivity contribution in [3.8, 4) is 0 Å². The molecule has 1 fully saturated rings. The van der Waals surface area contributed by atoms with Crippen molar-refractivity contribution >= 4 is 11.9 Å². The summed E-state index contributed by atoms with van der Waals surface area (Å²) in [6.07, 6.45) is 3.32. The van der Waals surface area contributed by atoms with Crippen LogP contribution in [0.15, 0.2) is 17.6 Å². The van der Waals surface area contributed by atoms with E-state index in [1.54, 1.807) is 11.0 Å². The van der Waals surface area contributed by atoms with Crippen molar-refractivity contribution in [1.29, 1.82) is 0 Å². The Morgan fingerprint density at radius 2 is 2.47 bits per heavy atom. The minimum atomic E-state index is -0.254. The highest BCUT2D eigenvalue weighted by molar-refractivity contribution is 5.91. The highest BCUT2D eigenvalue weighted by Gasteiger charge is 2.36. The second kappa shape index (κ2) is 5.21. The maximum atomic E-state index is 11.9. The number of carbonyl (C=O) groups is 1. The zero-order valence-electron chi connectivity index (χ0n) is 10.3. The first-order valence-electron chi connectivity index (χ1n) is 6.04. The van der Waals surface area contributed by atoms with Crippen molar-refractivity contribution < 1.29 is 9.53 Å². The summed E-state index contributed by atoms with van der Waals surface area (Å²) in [6, 6.07) is 0.0971. The van der Waals surface area contributed by atoms with Gasteiger partial charge in [-0.3, -0.25) is 9.89 Å². The number of aliphatic imine (C=N–C) groups is 1. The zero-order valence-corrected chi connectivity index (χ0v) is 10.3. The van der Waals surface area contributed by atoms with E-state index in [9.17, 15) is 4.79 Å². The predicted molar refractivity (Wildman–Crippen MR) is 66.2 cm³/mol. The minimum absolute atomic E-state index is 0.0971. The summed E-state index contributed by atoms with van der Waals surface area (Å²) in [5.74, 6) is 1.03. The zero-order chi connectivity index (χ0) is 12.3. The topological polar surface area (TPSA) is 45.1 Å². The van der Waals surface area contributed by atoms with Crippen molar-refractivity contribution in [2.24, 2.45) is 4.99 Å². The van der Waals surface area contributed by atoms with Crippen LogP contribution in [0.4, 0.5) is 4.79 Å². The number of amidine groups is 1. The van der Waals surface area contributed by atoms with E-state index in [2.05, 4.69) is 16.5 Å². The number of likely N-dealkylation sites (N-methyl/N-ethyl adjacent to an activating group) is 1. The van der Waals surface area contributed by atoms with E-state index in [1.165, 1.54) is 0 Å². The molecule has 5 nitrogen and oxygen atoms in total. The molecule has 0 aromatic heterocycles. The lowest BCUT2D eigenvalue weighted by atomic mass is 10.2. The fourth-order valence-electron chi connectivity index (χ4n) is 2.38. The van der Waals surface area contributed by atoms with Gasteiger partial charge in [-0.1, -0.05) is 12.7 Å². The summed E-state index contributed by atoms with van der Waals surface area (Å²) in [5, 5.41) is 0. The summed E-state index contributed by atoms with van der Waals surface area (Å²) in [6.45, 7) is 6.34. The molecule has 0 saturated carbocycles. The van der Waals surface area contributed by atoms with Gasteiger partial charge in [0.15, 0.2) is 0 Å². The Bertz CT molecular complexity index is 341. The van der Waals surface area contributed by atoms with E-state index >= 15 is 0 Å². The Morgan fingerprint density at radius 3 is 3.12 bits per heavy atom. The van der Waals surface area contributed by atoms with E-state index in [4.69, 9.17) is 4.74 Å². The van der Waals surface area contributed by atoms with Gasteiger partial charge in [-0.2, -0.15) is 0 Å². The molecule has 0 aromatic carbocycles. The minimum Gasteiger partial charge on any atom is -0.445 e. The molecule has 1 unspecified atom stereocenters. The number of nitrogens with zero attached hydrogens (tertiary/aromatic N) is 3. The Kier molecular flexibility index (Phi) is 3.66. The number of hydrogen-bond donors (Lipinski definition) is 0. The standard InChI is InChI=1S/C12H19N3O2/c1-3-9-17-12(16)15-7-4-5-10(15)11-13-6-8-14(11)2/h3,10H,1,4-9H2,2H3. The molecular weight excluding hydrogens is 218 g/mol. The molecule has 0 N–H and O–H groups in total. The smallest absolute Gasteiger partial charge is 0.410 e. The third kappa shape index (κ3) is 2.43. The van der Waals surface area contributed by atoms with Crippen LogP contribution in [-0.2, 0) is 4.74 Å². The SMILES string of the molecule is C=CCOC(=O)N1CCCC1C1=NCCN1C. The average Bonchev–Trinajstić information content (AvgIpc) is 2.93. The summed E-state index contributed by atoms with van der Waals surface area (Å²) in [7, 11) is 2.03. The summed E-state index contributed by atoms with van der Waals surface area (Å²) < 4.78 is 5.10. The van der Waals surface area contributed by atoms with Crippen LogP contribution in [-0.4, -0.2) is 61.1 Å². The summed E-state index contributed by atoms with van der Waals surface area (Å²) >= 11 is 0. The van der Waals surface area contributed by atoms with Crippen LogP contribution in [0.5, 0.6) is 0 Å². The second-order valence-electron chi connectivity index (χ2n) is 4.38. The van der Waals surface area contributed by atoms with Crippen molar-refractivity contribution in [2.75, 3.05) is 33.3 Å². The second-order valence-corrected chi connectivity index (χ2v) is 4.38. The maximum absolute atomic E-state index is 11.9. The molecule has 94 valence electrons. The molecule has 0 spiro atoms. The highest BCUT2D eigenvalue weighted by atomic mass is 16.6. The highest BCUT2D eigenvalue weighted by Crippen LogP contribution is 2.22. The number of amides is 1. The first-order chi connectivity index (χ1) is 8.24. The maximum Gasteiger partial charge on any atom is 0.410 e. The molecule has 0 aliphatic carbocycles. The van der Waals surface area contributed by atoms with E-state index in [-0.39, 0.29) is 18.7 Å². The average molecular weight is 237 g/mol. The predicted octanol–water partition coefficient (Wildman–Crippen LogP) is 1.12. The Hall–Kier alpha value is -1.52. The van der Waals surface area contributed by atoms with Crippen LogP contribution in [0.25, 0.3) is 0 Å². The molecule has 1 saturated heterocycles. The van der Waals surface area contributed by atoms with Gasteiger partial charge in [-0.15, -0.1) is 0 Å². The Balaban J connectivity index is 2.02. The molecule has 2 aliphatic heterocycles. The molecule has 0 radical (unpaired) electrons. The van der Waals surface area contributed by atoms with E-state index in [0.29, 0.717) is 0 Å². The molecule has 2 heterocycles. The van der Waals surface area contributed by atoms with Gasteiger partial charge in [0.2, 0.25) is 0 Å². The lowest BCUT2D eigenvalue weighted by Crippen LogP contribution is -2.45. The van der Waals surface area contributed by atoms with E-state index in [1.807, 2.05) is 7.05 Å². The normalized spacial score (nSPS) is 23.8. The van der Waals surface area contributed by atoms with Gasteiger partial charge in [-0.05, 0) is 12.8 Å². The molecule has 5 heteroatoms. The first-order valence-corrected chi connectivity index (χ1v) is 6.04. The van der Waals surface area contributed by atoms with E-state index in [0.717, 1.165) is 38.3 Å². The monoisotopic (exact) mass is 237 g/mol. The molecule has 0 bridgehead atoms. The molecule has 17 heavy (non-hydrogen) atoms. The third-order valence-corrected chi connectivity index (χ3v) is 3.21. The van der Waals surface area contributed by atoms with Gasteiger partial charge < -0.3 is 9.64 Å². The van der Waals surface area contributed by atoms with Crippen molar-refractivity contribution in [2.45, 2.75) is 18.9 Å². The van der Waals surface area contributed by atoms with Crippen LogP contribution in [0.2, 0.25) is 0 Å². The Morgan fingerprint density at radius 1 is 1.65 bits per heavy atom. The lowest BCUT2D eigenvalue weighted by molar-refractivity contribution is 0.115. The number of likely N-dealkylation sites (tertiary alicyclic amines) is 1. The molecule has 1 amide bonds. The molecule has 2 rings (SSSR count). The number of rotatable bonds is 3. The van der Waals surface area contributed by atoms with Crippen molar-refractivity contribution in [1.82, 2.24) is 9.80 Å². The van der Waals surface area contributed by atoms with Crippen LogP contribution in [0.3, 0.4) is 0 Å². The van der Waals surface area contributed by atoms with Crippen LogP contribution in [0.1, 0.15) is 12.8 Å². The quantitative estimate of drug-likeness (QED) is 0.691. The Labute approximate surface area is 102 Å². The summed E-state index contributed by atoms with van der Waals surface area (Å²) in [4.78, 5) is 20.3. The van der Waals surface area contributed by atoms with Crippen molar-refractivity contribution in [3.63, 3.8) is 0 Å². The van der Waals surface area contributed by atoms with Gasteiger partial charge >= 0.3 is 6.09 Å². The molecular formula is C12H19N3O2. The molecule has 1 atom stereocenters. The lowest BCUT2D eigenvalue weighted by Gasteiger charge is -2.27. The van der Waals surface area contributed by atoms with Crippen LogP contribution in [0, 0.1) is 0 Å². The van der Waals surface area contributed by atoms with Gasteiger partial charge in [0.25, 0.3) is 0 Å². The van der Waals surface area contributed by atoms with Crippen LogP contribution >= 0.6 is 0 Å². The van der Waals surface area contributed by atoms with Crippen molar-refractivity contribution in [3.05, 3.63) is 12.7 Å². The fourth-order valence-corrected chi connectivity index (χ4v) is 2.38. The molecule has 2 aliphatic rings. The largest absolute Gasteiger partial charge is 0.445 e. The van der Waals surface area contributed by atoms with Gasteiger partial charge in [0, 0.05) is 20.1 Å². The van der Waals surface area contributed by atoms with Gasteiger partial charge in [-0.25, -0.2) is 4.79 Å². The summed E-state index contributed by atoms with van der Waals surface area (Å²) in [5.41, 5.74) is 0. The molecule has 0 aromatic rings. The fraction of sp³-hybridized carbons (Fsp3) is 0.667. The number of ether oxygens (including phenoxy) is 1. The number of carbonyl (C=O) groups excluding carboxylic acids is 1. The van der Waals surface area contributed by atoms with Gasteiger partial charge in [0.05, 0.1) is 12.6 Å².